The monoisotopic (exact) mass is 382 g/mol. The lowest BCUT2D eigenvalue weighted by Gasteiger charge is -2.12. The molecule has 1 aromatic heterocycles. The summed E-state index contributed by atoms with van der Waals surface area (Å²) in [5.74, 6) is -0.266. The van der Waals surface area contributed by atoms with Crippen molar-refractivity contribution in [2.75, 3.05) is 25.7 Å². The van der Waals surface area contributed by atoms with Crippen molar-refractivity contribution in [3.8, 4) is 0 Å². The minimum absolute atomic E-state index is 0.0564. The van der Waals surface area contributed by atoms with Crippen molar-refractivity contribution in [2.45, 2.75) is 30.2 Å². The molecule has 0 spiro atoms. The molecule has 136 valence electrons. The molecule has 0 bridgehead atoms. The zero-order valence-corrected chi connectivity index (χ0v) is 16.5. The average molecular weight is 383 g/mol. The molecule has 2 aromatic rings. The quantitative estimate of drug-likeness (QED) is 0.774. The molecule has 0 unspecified atom stereocenters. The van der Waals surface area contributed by atoms with Gasteiger partial charge in [-0.15, -0.1) is 11.8 Å². The Bertz CT molecular complexity index is 889. The maximum atomic E-state index is 12.4. The molecule has 1 amide bonds. The van der Waals surface area contributed by atoms with Gasteiger partial charge in [-0.05, 0) is 38.3 Å². The van der Waals surface area contributed by atoms with Gasteiger partial charge in [-0.1, -0.05) is 6.07 Å². The first-order chi connectivity index (χ1) is 11.7. The highest BCUT2D eigenvalue weighted by Gasteiger charge is 2.27. The minimum Gasteiger partial charge on any atom is -0.324 e. The van der Waals surface area contributed by atoms with Crippen LogP contribution in [0.2, 0.25) is 0 Å². The summed E-state index contributed by atoms with van der Waals surface area (Å²) >= 11 is 1.59. The number of amides is 1. The maximum Gasteiger partial charge on any atom is 0.246 e. The molecule has 0 saturated heterocycles. The van der Waals surface area contributed by atoms with Gasteiger partial charge in [0.15, 0.2) is 0 Å². The van der Waals surface area contributed by atoms with Crippen LogP contribution in [0.5, 0.6) is 0 Å². The summed E-state index contributed by atoms with van der Waals surface area (Å²) in [5.41, 5.74) is 1.52. The van der Waals surface area contributed by atoms with Crippen LogP contribution >= 0.6 is 11.8 Å². The molecule has 0 fully saturated rings. The van der Waals surface area contributed by atoms with E-state index in [9.17, 15) is 13.2 Å². The Balaban J connectivity index is 2.22. The van der Waals surface area contributed by atoms with E-state index in [4.69, 9.17) is 0 Å². The first kappa shape index (κ1) is 19.5. The minimum atomic E-state index is -3.61. The fourth-order valence-corrected chi connectivity index (χ4v) is 4.15. The number of rotatable bonds is 6. The highest BCUT2D eigenvalue weighted by molar-refractivity contribution is 7.98. The smallest absolute Gasteiger partial charge is 0.246 e. The topological polar surface area (TPSA) is 84.3 Å². The number of thioether (sulfide) groups is 1. The Labute approximate surface area is 152 Å². The Hall–Kier alpha value is -1.84. The fourth-order valence-electron chi connectivity index (χ4n) is 2.43. The number of aromatic nitrogens is 2. The normalized spacial score (nSPS) is 11.8. The zero-order valence-electron chi connectivity index (χ0n) is 14.9. The van der Waals surface area contributed by atoms with Gasteiger partial charge < -0.3 is 5.32 Å². The lowest BCUT2D eigenvalue weighted by Crippen LogP contribution is -2.24. The van der Waals surface area contributed by atoms with Crippen LogP contribution in [0.25, 0.3) is 0 Å². The lowest BCUT2D eigenvalue weighted by atomic mass is 10.3. The van der Waals surface area contributed by atoms with Gasteiger partial charge in [0.25, 0.3) is 0 Å². The first-order valence-electron chi connectivity index (χ1n) is 7.57. The lowest BCUT2D eigenvalue weighted by molar-refractivity contribution is -0.116. The molecule has 0 aliphatic heterocycles. The summed E-state index contributed by atoms with van der Waals surface area (Å²) in [6.07, 6.45) is 1.96. The Morgan fingerprint density at radius 3 is 2.60 bits per heavy atom. The van der Waals surface area contributed by atoms with Gasteiger partial charge in [0, 0.05) is 24.7 Å². The Morgan fingerprint density at radius 1 is 1.32 bits per heavy atom. The van der Waals surface area contributed by atoms with Gasteiger partial charge in [0.05, 0.1) is 11.4 Å². The summed E-state index contributed by atoms with van der Waals surface area (Å²) in [5, 5.41) is 7.03. The first-order valence-corrected chi connectivity index (χ1v) is 10.2. The van der Waals surface area contributed by atoms with E-state index in [0.29, 0.717) is 17.1 Å². The van der Waals surface area contributed by atoms with Gasteiger partial charge in [-0.25, -0.2) is 12.7 Å². The van der Waals surface area contributed by atoms with Crippen LogP contribution in [-0.2, 0) is 21.4 Å². The molecule has 0 aliphatic carbocycles. The molecular formula is C16H22N4O3S2. The van der Waals surface area contributed by atoms with Crippen LogP contribution in [0, 0.1) is 13.8 Å². The van der Waals surface area contributed by atoms with Crippen LogP contribution in [0.15, 0.2) is 34.1 Å². The highest BCUT2D eigenvalue weighted by Crippen LogP contribution is 2.22. The van der Waals surface area contributed by atoms with E-state index >= 15 is 0 Å². The van der Waals surface area contributed by atoms with Gasteiger partial charge in [0.2, 0.25) is 15.9 Å². The largest absolute Gasteiger partial charge is 0.324 e. The number of sulfonamides is 1. The van der Waals surface area contributed by atoms with Crippen LogP contribution in [0.3, 0.4) is 0 Å². The number of hydrogen-bond acceptors (Lipinski definition) is 5. The number of carbonyl (C=O) groups is 1. The molecule has 1 heterocycles. The van der Waals surface area contributed by atoms with Gasteiger partial charge in [-0.3, -0.25) is 9.48 Å². The maximum absolute atomic E-state index is 12.4. The molecule has 0 aliphatic rings. The van der Waals surface area contributed by atoms with Crippen LogP contribution < -0.4 is 5.32 Å². The molecule has 1 N–H and O–H groups in total. The second-order valence-electron chi connectivity index (χ2n) is 5.73. The molecule has 1 aromatic carbocycles. The molecule has 0 saturated carbocycles. The second-order valence-corrected chi connectivity index (χ2v) is 8.69. The number of benzene rings is 1. The van der Waals surface area contributed by atoms with Crippen LogP contribution in [0.4, 0.5) is 5.69 Å². The predicted molar refractivity (Wildman–Crippen MR) is 99.4 cm³/mol. The Morgan fingerprint density at radius 2 is 2.00 bits per heavy atom. The summed E-state index contributed by atoms with van der Waals surface area (Å²) in [6, 6.07) is 7.51. The molecule has 2 rings (SSSR count). The van der Waals surface area contributed by atoms with Crippen molar-refractivity contribution in [3.05, 3.63) is 35.7 Å². The summed E-state index contributed by atoms with van der Waals surface area (Å²) in [4.78, 5) is 13.5. The number of carbonyl (C=O) groups excluding carboxylic acids is 1. The Kier molecular flexibility index (Phi) is 5.91. The molecule has 25 heavy (non-hydrogen) atoms. The van der Waals surface area contributed by atoms with E-state index in [-0.39, 0.29) is 17.3 Å². The predicted octanol–water partition coefficient (Wildman–Crippen LogP) is 2.11. The standard InChI is InChI=1S/C16H22N4O3S2/c1-11-16(25(22,23)19(3)4)12(2)20(18-11)10-15(21)17-13-7-6-8-14(9-13)24-5/h6-9H,10H2,1-5H3,(H,17,21). The van der Waals surface area contributed by atoms with E-state index in [1.165, 1.54) is 18.8 Å². The fraction of sp³-hybridized carbons (Fsp3) is 0.375. The van der Waals surface area contributed by atoms with E-state index in [0.717, 1.165) is 9.20 Å². The number of nitrogens with zero attached hydrogens (tertiary/aromatic N) is 3. The summed E-state index contributed by atoms with van der Waals surface area (Å²) < 4.78 is 27.4. The van der Waals surface area contributed by atoms with Crippen molar-refractivity contribution in [1.29, 1.82) is 0 Å². The van der Waals surface area contributed by atoms with E-state index in [2.05, 4.69) is 10.4 Å². The van der Waals surface area contributed by atoms with Gasteiger partial charge in [-0.2, -0.15) is 5.10 Å². The number of anilines is 1. The van der Waals surface area contributed by atoms with Crippen molar-refractivity contribution < 1.29 is 13.2 Å². The number of aryl methyl sites for hydroxylation is 1. The van der Waals surface area contributed by atoms with E-state index in [1.54, 1.807) is 31.7 Å². The molecule has 7 nitrogen and oxygen atoms in total. The molecule has 0 radical (unpaired) electrons. The van der Waals surface area contributed by atoms with Crippen LogP contribution in [-0.4, -0.2) is 48.8 Å². The average Bonchev–Trinajstić information content (AvgIpc) is 2.81. The molecular weight excluding hydrogens is 360 g/mol. The third kappa shape index (κ3) is 4.23. The number of hydrogen-bond donors (Lipinski definition) is 1. The zero-order chi connectivity index (χ0) is 18.8. The van der Waals surface area contributed by atoms with E-state index < -0.39 is 10.0 Å². The highest BCUT2D eigenvalue weighted by atomic mass is 32.2. The van der Waals surface area contributed by atoms with E-state index in [1.807, 2.05) is 24.5 Å². The molecule has 9 heteroatoms. The SMILES string of the molecule is CSc1cccc(NC(=O)Cn2nc(C)c(S(=O)(=O)N(C)C)c2C)c1. The van der Waals surface area contributed by atoms with Crippen LogP contribution in [0.1, 0.15) is 11.4 Å². The summed E-state index contributed by atoms with van der Waals surface area (Å²) in [7, 11) is -0.667. The van der Waals surface area contributed by atoms with Gasteiger partial charge in [0.1, 0.15) is 11.4 Å². The van der Waals surface area contributed by atoms with Gasteiger partial charge >= 0.3 is 0 Å². The van der Waals surface area contributed by atoms with Crippen molar-refractivity contribution in [1.82, 2.24) is 14.1 Å². The third-order valence-corrected chi connectivity index (χ3v) is 6.49. The number of nitrogens with one attached hydrogen (secondary N) is 1. The second kappa shape index (κ2) is 7.59. The van der Waals surface area contributed by atoms with Crippen molar-refractivity contribution in [3.63, 3.8) is 0 Å². The van der Waals surface area contributed by atoms with Crippen molar-refractivity contribution >= 4 is 33.4 Å². The molecule has 0 atom stereocenters. The van der Waals surface area contributed by atoms with Crippen molar-refractivity contribution in [2.24, 2.45) is 0 Å². The summed E-state index contributed by atoms with van der Waals surface area (Å²) in [6.45, 7) is 3.22. The third-order valence-electron chi connectivity index (χ3n) is 3.70.